The van der Waals surface area contributed by atoms with E-state index in [-0.39, 0.29) is 35.7 Å². The van der Waals surface area contributed by atoms with E-state index in [0.717, 1.165) is 28.1 Å². The fourth-order valence-corrected chi connectivity index (χ4v) is 9.68. The van der Waals surface area contributed by atoms with Gasteiger partial charge in [-0.05, 0) is 78.8 Å². The predicted molar refractivity (Wildman–Crippen MR) is 251 cm³/mol. The van der Waals surface area contributed by atoms with Crippen LogP contribution in [0.4, 0.5) is 9.59 Å². The molecule has 5 heterocycles. The molecule has 0 bridgehead atoms. The molecule has 2 aliphatic heterocycles. The van der Waals surface area contributed by atoms with E-state index in [1.165, 1.54) is 14.2 Å². The highest BCUT2D eigenvalue weighted by atomic mass is 16.5. The van der Waals surface area contributed by atoms with Crippen LogP contribution < -0.4 is 16.3 Å². The molecule has 4 amide bonds. The smallest absolute Gasteiger partial charge is 0.407 e. The first-order valence-electron chi connectivity index (χ1n) is 22.3. The van der Waals surface area contributed by atoms with Crippen molar-refractivity contribution in [2.45, 2.75) is 70.2 Å². The van der Waals surface area contributed by atoms with Crippen molar-refractivity contribution in [2.24, 2.45) is 11.8 Å². The number of nitrogens with one attached hydrogen (secondary N) is 4. The second-order valence-corrected chi connectivity index (χ2v) is 17.6. The van der Waals surface area contributed by atoms with E-state index >= 15 is 0 Å². The molecule has 346 valence electrons. The largest absolute Gasteiger partial charge is 0.505 e. The monoisotopic (exact) mass is 908 g/mol. The summed E-state index contributed by atoms with van der Waals surface area (Å²) in [5.74, 6) is 0.429. The van der Waals surface area contributed by atoms with E-state index in [0.29, 0.717) is 69.7 Å². The van der Waals surface area contributed by atoms with Crippen molar-refractivity contribution in [3.8, 4) is 11.3 Å². The first-order valence-corrected chi connectivity index (χ1v) is 22.3. The first kappa shape index (κ1) is 44.5. The maximum Gasteiger partial charge on any atom is 0.407 e. The van der Waals surface area contributed by atoms with Gasteiger partial charge in [0.05, 0.1) is 68.0 Å². The van der Waals surface area contributed by atoms with Gasteiger partial charge in [-0.15, -0.1) is 0 Å². The minimum Gasteiger partial charge on any atom is -0.505 e. The van der Waals surface area contributed by atoms with Crippen molar-refractivity contribution in [1.29, 1.82) is 0 Å². The number of methoxy groups -OCH3 is 3. The minimum atomic E-state index is -1.00. The molecule has 4 aromatic carbocycles. The zero-order valence-corrected chi connectivity index (χ0v) is 38.0. The SMILES string of the molecule is CO/C=C/[C@H]1CC(c2ncc(-c3ccc4c(c3)c(=O)oc3cc5c(ccc6[nH]c(C7CC[C@H](C)N7C(=O)[C@@H](NC(=O)OC)C(C)C)nc65)cc34)[nH]2)N(C(=O)[C@H](NC(=O)OC)c2ccccc2)C1. The normalized spacial score (nSPS) is 19.4. The van der Waals surface area contributed by atoms with Crippen LogP contribution in [-0.2, 0) is 23.8 Å². The Balaban J connectivity index is 1.02. The predicted octanol–water partition coefficient (Wildman–Crippen LogP) is 7.95. The zero-order chi connectivity index (χ0) is 47.1. The third kappa shape index (κ3) is 8.41. The number of hydrogen-bond acceptors (Lipinski definition) is 11. The Hall–Kier alpha value is -7.69. The number of carbonyl (C=O) groups is 4. The van der Waals surface area contributed by atoms with Gasteiger partial charge in [0.25, 0.3) is 5.91 Å². The highest BCUT2D eigenvalue weighted by Crippen LogP contribution is 2.40. The number of fused-ring (bicyclic) bond motifs is 6. The van der Waals surface area contributed by atoms with Crippen molar-refractivity contribution >= 4 is 67.5 Å². The van der Waals surface area contributed by atoms with Gasteiger partial charge in [0.15, 0.2) is 0 Å². The van der Waals surface area contributed by atoms with Crippen LogP contribution in [0.3, 0.4) is 0 Å². The topological polar surface area (TPSA) is 214 Å². The molecule has 2 fully saturated rings. The van der Waals surface area contributed by atoms with Crippen LogP contribution in [0.25, 0.3) is 54.8 Å². The summed E-state index contributed by atoms with van der Waals surface area (Å²) in [5, 5.41) is 8.93. The molecule has 3 aromatic heterocycles. The summed E-state index contributed by atoms with van der Waals surface area (Å²) >= 11 is 0. The summed E-state index contributed by atoms with van der Waals surface area (Å²) in [6, 6.07) is 19.7. The molecule has 67 heavy (non-hydrogen) atoms. The van der Waals surface area contributed by atoms with Crippen molar-refractivity contribution in [1.82, 2.24) is 40.4 Å². The summed E-state index contributed by atoms with van der Waals surface area (Å²) in [4.78, 5) is 87.1. The fourth-order valence-electron chi connectivity index (χ4n) is 9.68. The number of benzene rings is 4. The number of amides is 4. The Kier molecular flexibility index (Phi) is 12.2. The van der Waals surface area contributed by atoms with Gasteiger partial charge in [0.2, 0.25) is 5.91 Å². The van der Waals surface area contributed by atoms with Gasteiger partial charge in [-0.25, -0.2) is 24.4 Å². The van der Waals surface area contributed by atoms with Crippen LogP contribution >= 0.6 is 0 Å². The molecule has 0 aliphatic carbocycles. The van der Waals surface area contributed by atoms with E-state index in [1.54, 1.807) is 54.8 Å². The van der Waals surface area contributed by atoms with Crippen LogP contribution in [0.2, 0.25) is 0 Å². The number of ether oxygens (including phenoxy) is 3. The van der Waals surface area contributed by atoms with Crippen LogP contribution in [-0.4, -0.2) is 93.7 Å². The number of likely N-dealkylation sites (tertiary alicyclic amines) is 2. The Morgan fingerprint density at radius 2 is 1.61 bits per heavy atom. The van der Waals surface area contributed by atoms with E-state index < -0.39 is 35.9 Å². The molecular formula is C50H52N8O9. The second-order valence-electron chi connectivity index (χ2n) is 17.6. The van der Waals surface area contributed by atoms with Crippen LogP contribution in [0.1, 0.15) is 75.4 Å². The van der Waals surface area contributed by atoms with Gasteiger partial charge in [0, 0.05) is 34.8 Å². The summed E-state index contributed by atoms with van der Waals surface area (Å²) in [6.07, 6.45) is 5.79. The zero-order valence-electron chi connectivity index (χ0n) is 38.0. The standard InChI is InChI=1S/C50H52N8O9/c1-26(2)41(55-49(62)65-5)47(60)58-27(3)12-17-38(58)45-52-36-16-14-30-21-34-32-15-13-31(22-35(32)48(61)67-40(34)23-33(30)43(36)54-45)37-24-51-44(53-37)39-20-28(18-19-64-4)25-57(39)46(59)42(56-50(63)66-6)29-10-8-7-9-11-29/h7-11,13-16,18-19,21-24,26-28,38-39,41-42H,12,17,20,25H2,1-6H3,(H,51,53)(H,52,54)(H,55,62)(H,56,63)/b19-18+/t27-,28-,38?,39?,41-,42+/m0/s1. The van der Waals surface area contributed by atoms with Gasteiger partial charge in [-0.3, -0.25) is 9.59 Å². The van der Waals surface area contributed by atoms with E-state index in [9.17, 15) is 24.0 Å². The summed E-state index contributed by atoms with van der Waals surface area (Å²) in [6.45, 7) is 6.12. The Morgan fingerprint density at radius 3 is 2.36 bits per heavy atom. The van der Waals surface area contributed by atoms with Crippen molar-refractivity contribution in [3.05, 3.63) is 119 Å². The lowest BCUT2D eigenvalue weighted by molar-refractivity contribution is -0.137. The lowest BCUT2D eigenvalue weighted by Crippen LogP contribution is -2.52. The van der Waals surface area contributed by atoms with Crippen LogP contribution in [0.5, 0.6) is 0 Å². The number of aromatic amines is 2. The Bertz CT molecular complexity index is 3120. The summed E-state index contributed by atoms with van der Waals surface area (Å²) < 4.78 is 20.9. The Labute approximate surface area is 384 Å². The third-order valence-corrected chi connectivity index (χ3v) is 13.1. The van der Waals surface area contributed by atoms with E-state index in [2.05, 4.69) is 20.6 Å². The molecule has 17 heteroatoms. The van der Waals surface area contributed by atoms with Crippen LogP contribution in [0.15, 0.2) is 101 Å². The fraction of sp³-hybridized carbons (Fsp3) is 0.340. The van der Waals surface area contributed by atoms with Crippen LogP contribution in [0, 0.1) is 11.8 Å². The number of hydrogen-bond donors (Lipinski definition) is 4. The number of imidazole rings is 2. The first-order chi connectivity index (χ1) is 32.4. The number of aromatic nitrogens is 4. The molecule has 2 aliphatic rings. The highest BCUT2D eigenvalue weighted by Gasteiger charge is 2.42. The van der Waals surface area contributed by atoms with Gasteiger partial charge in [-0.1, -0.05) is 62.4 Å². The molecule has 0 saturated carbocycles. The molecule has 2 saturated heterocycles. The number of rotatable bonds is 11. The molecule has 17 nitrogen and oxygen atoms in total. The molecule has 0 radical (unpaired) electrons. The van der Waals surface area contributed by atoms with Gasteiger partial charge in [0.1, 0.15) is 29.3 Å². The van der Waals surface area contributed by atoms with Crippen molar-refractivity contribution in [3.63, 3.8) is 0 Å². The number of nitrogens with zero attached hydrogens (tertiary/aromatic N) is 4. The molecular weight excluding hydrogens is 857 g/mol. The highest BCUT2D eigenvalue weighted by molar-refractivity contribution is 6.14. The molecule has 4 N–H and O–H groups in total. The molecule has 6 atom stereocenters. The quantitative estimate of drug-likeness (QED) is 0.0423. The van der Waals surface area contributed by atoms with Gasteiger partial charge < -0.3 is 49.0 Å². The maximum atomic E-state index is 14.4. The number of carbonyl (C=O) groups excluding carboxylic acids is 4. The van der Waals surface area contributed by atoms with Crippen molar-refractivity contribution in [2.75, 3.05) is 27.9 Å². The second kappa shape index (κ2) is 18.3. The molecule has 7 aromatic rings. The average Bonchev–Trinajstić information content (AvgIpc) is 4.17. The van der Waals surface area contributed by atoms with E-state index in [4.69, 9.17) is 28.6 Å². The molecule has 9 rings (SSSR count). The Morgan fingerprint density at radius 1 is 0.836 bits per heavy atom. The molecule has 2 unspecified atom stereocenters. The van der Waals surface area contributed by atoms with E-state index in [1.807, 2.05) is 74.2 Å². The lowest BCUT2D eigenvalue weighted by Gasteiger charge is -2.32. The number of alkyl carbamates (subject to hydrolysis) is 2. The summed E-state index contributed by atoms with van der Waals surface area (Å²) in [5.41, 5.74) is 3.28. The minimum absolute atomic E-state index is 0.0594. The van der Waals surface area contributed by atoms with Gasteiger partial charge in [-0.2, -0.15) is 0 Å². The average molecular weight is 909 g/mol. The number of H-pyrrole nitrogens is 2. The summed E-state index contributed by atoms with van der Waals surface area (Å²) in [7, 11) is 4.09. The third-order valence-electron chi connectivity index (χ3n) is 13.1. The lowest BCUT2D eigenvalue weighted by atomic mass is 10.0. The maximum absolute atomic E-state index is 14.4. The van der Waals surface area contributed by atoms with Crippen molar-refractivity contribution < 1.29 is 37.8 Å². The van der Waals surface area contributed by atoms with Gasteiger partial charge >= 0.3 is 17.8 Å². The molecule has 0 spiro atoms.